The number of aliphatic hydroxyl groups excluding tert-OH is 1. The number of rotatable bonds is 9. The van der Waals surface area contributed by atoms with Crippen molar-refractivity contribution < 1.29 is 18.3 Å². The molecule has 0 bridgehead atoms. The molecule has 0 unspecified atom stereocenters. The molecule has 0 spiro atoms. The number of unbranched alkanes of at least 4 members (excludes halogenated alkanes) is 1. The van der Waals surface area contributed by atoms with E-state index >= 15 is 0 Å². The highest BCUT2D eigenvalue weighted by Crippen LogP contribution is 2.23. The molecule has 2 aromatic carbocycles. The summed E-state index contributed by atoms with van der Waals surface area (Å²) >= 11 is 6.00. The minimum absolute atomic E-state index is 0.0305. The molecule has 2 aromatic rings. The lowest BCUT2D eigenvalue weighted by Crippen LogP contribution is -2.27. The number of carbonyl (C=O) groups is 1. The van der Waals surface area contributed by atoms with Gasteiger partial charge in [0.2, 0.25) is 0 Å². The van der Waals surface area contributed by atoms with Crippen LogP contribution in [-0.2, 0) is 16.4 Å². The Morgan fingerprint density at radius 1 is 1.15 bits per heavy atom. The van der Waals surface area contributed by atoms with Gasteiger partial charge in [0.1, 0.15) is 0 Å². The van der Waals surface area contributed by atoms with Gasteiger partial charge in [-0.2, -0.15) is 0 Å². The van der Waals surface area contributed by atoms with E-state index in [-0.39, 0.29) is 28.6 Å². The molecule has 27 heavy (non-hydrogen) atoms. The normalized spacial score (nSPS) is 11.2. The molecule has 6 nitrogen and oxygen atoms in total. The second kappa shape index (κ2) is 9.73. The van der Waals surface area contributed by atoms with Gasteiger partial charge in [-0.05, 0) is 48.7 Å². The second-order valence-corrected chi connectivity index (χ2v) is 8.12. The molecule has 2 rings (SSSR count). The summed E-state index contributed by atoms with van der Waals surface area (Å²) in [6, 6.07) is 11.1. The fourth-order valence-corrected chi connectivity index (χ4v) is 3.73. The van der Waals surface area contributed by atoms with Crippen molar-refractivity contribution in [2.24, 2.45) is 0 Å². The van der Waals surface area contributed by atoms with Crippen molar-refractivity contribution in [2.45, 2.75) is 31.1 Å². The van der Waals surface area contributed by atoms with E-state index in [0.29, 0.717) is 5.69 Å². The SMILES string of the molecule is CCCCc1ccc(NS(=O)(=O)c2ccc(Cl)c(C(=O)NCCO)c2)cc1. The molecule has 0 saturated heterocycles. The molecule has 0 aliphatic heterocycles. The summed E-state index contributed by atoms with van der Waals surface area (Å²) < 4.78 is 27.8. The Morgan fingerprint density at radius 3 is 2.48 bits per heavy atom. The molecule has 0 aromatic heterocycles. The maximum absolute atomic E-state index is 12.6. The van der Waals surface area contributed by atoms with Crippen LogP contribution in [0.3, 0.4) is 0 Å². The van der Waals surface area contributed by atoms with E-state index in [1.807, 2.05) is 12.1 Å². The van der Waals surface area contributed by atoms with Crippen LogP contribution in [0, 0.1) is 0 Å². The van der Waals surface area contributed by atoms with Gasteiger partial charge in [0, 0.05) is 12.2 Å². The van der Waals surface area contributed by atoms with E-state index < -0.39 is 15.9 Å². The molecule has 8 heteroatoms. The zero-order valence-electron chi connectivity index (χ0n) is 15.0. The first-order chi connectivity index (χ1) is 12.9. The van der Waals surface area contributed by atoms with Crippen LogP contribution in [0.4, 0.5) is 5.69 Å². The largest absolute Gasteiger partial charge is 0.395 e. The van der Waals surface area contributed by atoms with Crippen LogP contribution >= 0.6 is 11.6 Å². The summed E-state index contributed by atoms with van der Waals surface area (Å²) in [5.41, 5.74) is 1.62. The fraction of sp³-hybridized carbons (Fsp3) is 0.316. The van der Waals surface area contributed by atoms with Gasteiger partial charge in [-0.15, -0.1) is 0 Å². The van der Waals surface area contributed by atoms with Crippen molar-refractivity contribution >= 4 is 33.2 Å². The number of aryl methyl sites for hydroxylation is 1. The van der Waals surface area contributed by atoms with Crippen LogP contribution in [0.5, 0.6) is 0 Å². The van der Waals surface area contributed by atoms with Crippen molar-refractivity contribution in [1.29, 1.82) is 0 Å². The summed E-state index contributed by atoms with van der Waals surface area (Å²) in [6.45, 7) is 1.94. The number of amides is 1. The highest BCUT2D eigenvalue weighted by atomic mass is 35.5. The van der Waals surface area contributed by atoms with Gasteiger partial charge in [0.25, 0.3) is 15.9 Å². The van der Waals surface area contributed by atoms with Crippen LogP contribution in [0.15, 0.2) is 47.4 Å². The third-order valence-electron chi connectivity index (χ3n) is 3.92. The highest BCUT2D eigenvalue weighted by Gasteiger charge is 2.19. The molecular weight excluding hydrogens is 388 g/mol. The van der Waals surface area contributed by atoms with Gasteiger partial charge in [0.05, 0.1) is 22.1 Å². The van der Waals surface area contributed by atoms with Gasteiger partial charge >= 0.3 is 0 Å². The average Bonchev–Trinajstić information content (AvgIpc) is 2.65. The predicted octanol–water partition coefficient (Wildman–Crippen LogP) is 3.21. The number of aliphatic hydroxyl groups is 1. The minimum atomic E-state index is -3.87. The molecule has 0 aliphatic rings. The first-order valence-electron chi connectivity index (χ1n) is 8.67. The number of sulfonamides is 1. The van der Waals surface area contributed by atoms with Gasteiger partial charge in [-0.1, -0.05) is 37.1 Å². The van der Waals surface area contributed by atoms with Crippen LogP contribution in [0.1, 0.15) is 35.7 Å². The van der Waals surface area contributed by atoms with Crippen molar-refractivity contribution in [1.82, 2.24) is 5.32 Å². The quantitative estimate of drug-likeness (QED) is 0.591. The average molecular weight is 411 g/mol. The van der Waals surface area contributed by atoms with Crippen LogP contribution in [-0.4, -0.2) is 32.6 Å². The van der Waals surface area contributed by atoms with Crippen LogP contribution in [0.2, 0.25) is 5.02 Å². The Bertz CT molecular complexity index is 883. The topological polar surface area (TPSA) is 95.5 Å². The van der Waals surface area contributed by atoms with Gasteiger partial charge in [0.15, 0.2) is 0 Å². The number of benzene rings is 2. The van der Waals surface area contributed by atoms with Crippen molar-refractivity contribution in [3.05, 3.63) is 58.6 Å². The number of hydrogen-bond donors (Lipinski definition) is 3. The smallest absolute Gasteiger partial charge is 0.261 e. The maximum Gasteiger partial charge on any atom is 0.261 e. The summed E-state index contributed by atoms with van der Waals surface area (Å²) in [6.07, 6.45) is 3.13. The summed E-state index contributed by atoms with van der Waals surface area (Å²) in [5, 5.41) is 11.4. The van der Waals surface area contributed by atoms with E-state index in [2.05, 4.69) is 17.0 Å². The number of nitrogens with one attached hydrogen (secondary N) is 2. The number of carbonyl (C=O) groups excluding carboxylic acids is 1. The Labute approximate surface area is 164 Å². The predicted molar refractivity (Wildman–Crippen MR) is 107 cm³/mol. The molecule has 0 aliphatic carbocycles. The first-order valence-corrected chi connectivity index (χ1v) is 10.5. The lowest BCUT2D eigenvalue weighted by molar-refractivity contribution is 0.0944. The molecule has 3 N–H and O–H groups in total. The molecule has 0 heterocycles. The molecule has 146 valence electrons. The van der Waals surface area contributed by atoms with Crippen LogP contribution in [0.25, 0.3) is 0 Å². The van der Waals surface area contributed by atoms with Crippen molar-refractivity contribution in [2.75, 3.05) is 17.9 Å². The summed E-state index contributed by atoms with van der Waals surface area (Å²) in [7, 11) is -3.87. The first kappa shape index (κ1) is 21.2. The number of hydrogen-bond acceptors (Lipinski definition) is 4. The van der Waals surface area contributed by atoms with E-state index in [0.717, 1.165) is 24.8 Å². The van der Waals surface area contributed by atoms with E-state index in [1.54, 1.807) is 12.1 Å². The molecule has 0 atom stereocenters. The highest BCUT2D eigenvalue weighted by molar-refractivity contribution is 7.92. The van der Waals surface area contributed by atoms with Gasteiger partial charge < -0.3 is 10.4 Å². The lowest BCUT2D eigenvalue weighted by atomic mass is 10.1. The van der Waals surface area contributed by atoms with Crippen LogP contribution < -0.4 is 10.0 Å². The van der Waals surface area contributed by atoms with E-state index in [1.165, 1.54) is 18.2 Å². The summed E-state index contributed by atoms with van der Waals surface area (Å²) in [4.78, 5) is 12.0. The van der Waals surface area contributed by atoms with Crippen molar-refractivity contribution in [3.8, 4) is 0 Å². The number of anilines is 1. The molecule has 0 radical (unpaired) electrons. The second-order valence-electron chi connectivity index (χ2n) is 6.03. The zero-order chi connectivity index (χ0) is 19.9. The number of halogens is 1. The summed E-state index contributed by atoms with van der Waals surface area (Å²) in [5.74, 6) is -0.550. The van der Waals surface area contributed by atoms with E-state index in [4.69, 9.17) is 16.7 Å². The molecule has 0 fully saturated rings. The monoisotopic (exact) mass is 410 g/mol. The Kier molecular flexibility index (Phi) is 7.65. The van der Waals surface area contributed by atoms with Gasteiger partial charge in [-0.25, -0.2) is 8.42 Å². The standard InChI is InChI=1S/C19H23ClN2O4S/c1-2-3-4-14-5-7-15(8-6-14)22-27(25,26)16-9-10-18(20)17(13-16)19(24)21-11-12-23/h5-10,13,22-23H,2-4,11-12H2,1H3,(H,21,24). The minimum Gasteiger partial charge on any atom is -0.395 e. The Hall–Kier alpha value is -2.09. The van der Waals surface area contributed by atoms with Crippen molar-refractivity contribution in [3.63, 3.8) is 0 Å². The Morgan fingerprint density at radius 2 is 1.85 bits per heavy atom. The molecule has 1 amide bonds. The third kappa shape index (κ3) is 5.95. The Balaban J connectivity index is 2.19. The van der Waals surface area contributed by atoms with E-state index in [9.17, 15) is 13.2 Å². The maximum atomic E-state index is 12.6. The zero-order valence-corrected chi connectivity index (χ0v) is 16.6. The molecule has 0 saturated carbocycles. The third-order valence-corrected chi connectivity index (χ3v) is 5.62. The molecular formula is C19H23ClN2O4S. The lowest BCUT2D eigenvalue weighted by Gasteiger charge is -2.11. The fourth-order valence-electron chi connectivity index (χ4n) is 2.44. The van der Waals surface area contributed by atoms with Gasteiger partial charge in [-0.3, -0.25) is 9.52 Å².